The van der Waals surface area contributed by atoms with Crippen molar-refractivity contribution in [1.29, 1.82) is 0 Å². The number of halogens is 1. The number of benzene rings is 1. The normalized spacial score (nSPS) is 12.0. The molecule has 0 bridgehead atoms. The van der Waals surface area contributed by atoms with Crippen LogP contribution >= 0.6 is 15.9 Å². The van der Waals surface area contributed by atoms with Crippen LogP contribution in [0.15, 0.2) is 22.7 Å². The molecular weight excluding hydrogens is 296 g/mol. The number of methoxy groups -OCH3 is 1. The van der Waals surface area contributed by atoms with Crippen LogP contribution in [-0.4, -0.2) is 26.1 Å². The second-order valence-corrected chi connectivity index (χ2v) is 4.96. The van der Waals surface area contributed by atoms with E-state index in [1.54, 1.807) is 7.11 Å². The van der Waals surface area contributed by atoms with Gasteiger partial charge in [0.15, 0.2) is 0 Å². The molecule has 0 fully saturated rings. The van der Waals surface area contributed by atoms with Gasteiger partial charge >= 0.3 is 0 Å². The Morgan fingerprint density at radius 1 is 1.50 bits per heavy atom. The number of ether oxygens (including phenoxy) is 1. The Balaban J connectivity index is 2.71. The van der Waals surface area contributed by atoms with Gasteiger partial charge in [-0.2, -0.15) is 0 Å². The van der Waals surface area contributed by atoms with E-state index in [-0.39, 0.29) is 11.8 Å². The molecule has 5 heteroatoms. The van der Waals surface area contributed by atoms with Gasteiger partial charge in [0.2, 0.25) is 5.91 Å². The molecule has 2 N–H and O–H groups in total. The van der Waals surface area contributed by atoms with Crippen molar-refractivity contribution < 1.29 is 9.53 Å². The van der Waals surface area contributed by atoms with E-state index in [1.807, 2.05) is 32.0 Å². The first kappa shape index (κ1) is 15.0. The molecule has 18 heavy (non-hydrogen) atoms. The lowest BCUT2D eigenvalue weighted by Crippen LogP contribution is -2.30. The van der Waals surface area contributed by atoms with Crippen LogP contribution in [0.4, 0.5) is 5.69 Å². The summed E-state index contributed by atoms with van der Waals surface area (Å²) in [7, 11) is 1.58. The maximum Gasteiger partial charge on any atom is 0.228 e. The predicted octanol–water partition coefficient (Wildman–Crippen LogP) is 2.64. The monoisotopic (exact) mass is 314 g/mol. The number of nitrogens with one attached hydrogen (secondary N) is 2. The van der Waals surface area contributed by atoms with Crippen molar-refractivity contribution in [3.63, 3.8) is 0 Å². The van der Waals surface area contributed by atoms with Crippen molar-refractivity contribution in [2.24, 2.45) is 5.92 Å². The van der Waals surface area contributed by atoms with Gasteiger partial charge in [-0.05, 0) is 24.7 Å². The highest BCUT2D eigenvalue weighted by molar-refractivity contribution is 9.10. The van der Waals surface area contributed by atoms with E-state index in [2.05, 4.69) is 26.6 Å². The minimum atomic E-state index is -0.0892. The van der Waals surface area contributed by atoms with Crippen molar-refractivity contribution in [3.8, 4) is 5.75 Å². The van der Waals surface area contributed by atoms with Crippen molar-refractivity contribution in [2.75, 3.05) is 25.5 Å². The predicted molar refractivity (Wildman–Crippen MR) is 77.0 cm³/mol. The van der Waals surface area contributed by atoms with Crippen molar-refractivity contribution in [3.05, 3.63) is 22.7 Å². The largest absolute Gasteiger partial charge is 0.495 e. The fourth-order valence-electron chi connectivity index (χ4n) is 1.49. The van der Waals surface area contributed by atoms with Gasteiger partial charge in [0.1, 0.15) is 5.75 Å². The van der Waals surface area contributed by atoms with E-state index >= 15 is 0 Å². The van der Waals surface area contributed by atoms with Gasteiger partial charge in [-0.3, -0.25) is 4.79 Å². The third kappa shape index (κ3) is 4.31. The van der Waals surface area contributed by atoms with Crippen molar-refractivity contribution in [2.45, 2.75) is 13.8 Å². The molecule has 0 saturated heterocycles. The molecule has 0 aliphatic carbocycles. The third-order valence-corrected chi connectivity index (χ3v) is 3.06. The highest BCUT2D eigenvalue weighted by atomic mass is 79.9. The smallest absolute Gasteiger partial charge is 0.228 e. The van der Waals surface area contributed by atoms with E-state index in [9.17, 15) is 4.79 Å². The first-order chi connectivity index (χ1) is 8.58. The summed E-state index contributed by atoms with van der Waals surface area (Å²) in [6.07, 6.45) is 0. The van der Waals surface area contributed by atoms with E-state index in [4.69, 9.17) is 4.74 Å². The minimum Gasteiger partial charge on any atom is -0.495 e. The van der Waals surface area contributed by atoms with Gasteiger partial charge in [0, 0.05) is 16.9 Å². The Bertz CT molecular complexity index is 410. The van der Waals surface area contributed by atoms with Crippen LogP contribution in [0.2, 0.25) is 0 Å². The fraction of sp³-hybridized carbons (Fsp3) is 0.462. The van der Waals surface area contributed by atoms with Crippen LogP contribution in [0, 0.1) is 5.92 Å². The molecule has 1 aromatic carbocycles. The Hall–Kier alpha value is -1.07. The summed E-state index contributed by atoms with van der Waals surface area (Å²) < 4.78 is 6.11. The van der Waals surface area contributed by atoms with E-state index in [0.717, 1.165) is 11.0 Å². The van der Waals surface area contributed by atoms with Gasteiger partial charge in [0.05, 0.1) is 12.8 Å². The number of carbonyl (C=O) groups excluding carboxylic acids is 1. The standard InChI is InChI=1S/C13H19BrN2O2/c1-4-15-8-9(2)13(17)16-11-7-10(14)5-6-12(11)18-3/h5-7,9,15H,4,8H2,1-3H3,(H,16,17). The highest BCUT2D eigenvalue weighted by Gasteiger charge is 2.14. The van der Waals surface area contributed by atoms with Crippen LogP contribution in [0.5, 0.6) is 5.75 Å². The summed E-state index contributed by atoms with van der Waals surface area (Å²) in [6, 6.07) is 5.52. The summed E-state index contributed by atoms with van der Waals surface area (Å²) in [6.45, 7) is 5.43. The van der Waals surface area contributed by atoms with Gasteiger partial charge in [-0.1, -0.05) is 29.8 Å². The van der Waals surface area contributed by atoms with Gasteiger partial charge in [-0.15, -0.1) is 0 Å². The summed E-state index contributed by atoms with van der Waals surface area (Å²) in [5.74, 6) is 0.545. The molecular formula is C13H19BrN2O2. The lowest BCUT2D eigenvalue weighted by molar-refractivity contribution is -0.119. The molecule has 1 aromatic rings. The van der Waals surface area contributed by atoms with Crippen LogP contribution in [-0.2, 0) is 4.79 Å². The molecule has 1 atom stereocenters. The zero-order valence-electron chi connectivity index (χ0n) is 10.9. The molecule has 0 saturated carbocycles. The van der Waals surface area contributed by atoms with E-state index < -0.39 is 0 Å². The molecule has 0 radical (unpaired) electrons. The molecule has 1 rings (SSSR count). The minimum absolute atomic E-state index is 0.0210. The number of anilines is 1. The Kier molecular flexibility index (Phi) is 6.15. The van der Waals surface area contributed by atoms with Crippen LogP contribution in [0.25, 0.3) is 0 Å². The molecule has 0 aliphatic rings. The SMILES string of the molecule is CCNCC(C)C(=O)Nc1cc(Br)ccc1OC. The molecule has 1 unspecified atom stereocenters. The molecule has 1 amide bonds. The van der Waals surface area contributed by atoms with E-state index in [0.29, 0.717) is 18.0 Å². The van der Waals surface area contributed by atoms with Crippen molar-refractivity contribution in [1.82, 2.24) is 5.32 Å². The number of amides is 1. The quantitative estimate of drug-likeness (QED) is 0.848. The van der Waals surface area contributed by atoms with Crippen LogP contribution < -0.4 is 15.4 Å². The van der Waals surface area contributed by atoms with Gasteiger partial charge in [0.25, 0.3) is 0 Å². The second kappa shape index (κ2) is 7.38. The first-order valence-corrected chi connectivity index (χ1v) is 6.72. The third-order valence-electron chi connectivity index (χ3n) is 2.57. The van der Waals surface area contributed by atoms with Crippen molar-refractivity contribution >= 4 is 27.5 Å². The van der Waals surface area contributed by atoms with Gasteiger partial charge < -0.3 is 15.4 Å². The lowest BCUT2D eigenvalue weighted by atomic mass is 10.1. The molecule has 4 nitrogen and oxygen atoms in total. The number of hydrogen-bond donors (Lipinski definition) is 2. The molecule has 100 valence electrons. The lowest BCUT2D eigenvalue weighted by Gasteiger charge is -2.14. The fourth-order valence-corrected chi connectivity index (χ4v) is 1.85. The van der Waals surface area contributed by atoms with E-state index in [1.165, 1.54) is 0 Å². The maximum absolute atomic E-state index is 12.0. The maximum atomic E-state index is 12.0. The first-order valence-electron chi connectivity index (χ1n) is 5.93. The zero-order valence-corrected chi connectivity index (χ0v) is 12.5. The molecule has 0 aromatic heterocycles. The summed E-state index contributed by atoms with van der Waals surface area (Å²) >= 11 is 3.38. The van der Waals surface area contributed by atoms with Crippen LogP contribution in [0.1, 0.15) is 13.8 Å². The number of hydrogen-bond acceptors (Lipinski definition) is 3. The topological polar surface area (TPSA) is 50.4 Å². The number of rotatable bonds is 6. The molecule has 0 spiro atoms. The van der Waals surface area contributed by atoms with Crippen LogP contribution in [0.3, 0.4) is 0 Å². The summed E-state index contributed by atoms with van der Waals surface area (Å²) in [5.41, 5.74) is 0.681. The summed E-state index contributed by atoms with van der Waals surface area (Å²) in [4.78, 5) is 12.0. The zero-order chi connectivity index (χ0) is 13.5. The highest BCUT2D eigenvalue weighted by Crippen LogP contribution is 2.28. The average Bonchev–Trinajstić information content (AvgIpc) is 2.36. The molecule has 0 aliphatic heterocycles. The Labute approximate surface area is 116 Å². The number of carbonyl (C=O) groups is 1. The second-order valence-electron chi connectivity index (χ2n) is 4.04. The Morgan fingerprint density at radius 3 is 2.83 bits per heavy atom. The summed E-state index contributed by atoms with van der Waals surface area (Å²) in [5, 5.41) is 6.03. The van der Waals surface area contributed by atoms with Gasteiger partial charge in [-0.25, -0.2) is 0 Å². The average molecular weight is 315 g/mol. The Morgan fingerprint density at radius 2 is 2.22 bits per heavy atom. The molecule has 0 heterocycles.